The zero-order valence-electron chi connectivity index (χ0n) is 19.3. The quantitative estimate of drug-likeness (QED) is 0.516. The normalized spacial score (nSPS) is 26.0. The minimum atomic E-state index is -4.69. The smallest absolute Gasteiger partial charge is 0.406 e. The van der Waals surface area contributed by atoms with E-state index in [1.54, 1.807) is 23.7 Å². The van der Waals surface area contributed by atoms with Gasteiger partial charge in [0, 0.05) is 31.6 Å². The predicted octanol–water partition coefficient (Wildman–Crippen LogP) is 5.19. The lowest BCUT2D eigenvalue weighted by molar-refractivity contribution is -0.274. The van der Waals surface area contributed by atoms with Gasteiger partial charge in [0.15, 0.2) is 0 Å². The summed E-state index contributed by atoms with van der Waals surface area (Å²) < 4.78 is 47.9. The fraction of sp³-hybridized carbons (Fsp3) is 0.542. The number of benzene rings is 1. The van der Waals surface area contributed by atoms with Gasteiger partial charge in [0.1, 0.15) is 16.6 Å². The molecule has 35 heavy (non-hydrogen) atoms. The first-order valence-corrected chi connectivity index (χ1v) is 12.8. The van der Waals surface area contributed by atoms with Crippen LogP contribution < -0.4 is 15.0 Å². The molecule has 6 rings (SSSR count). The summed E-state index contributed by atoms with van der Waals surface area (Å²) in [6.45, 7) is 4.86. The van der Waals surface area contributed by atoms with Crippen LogP contribution in [0.3, 0.4) is 0 Å². The number of nitrogens with zero attached hydrogens (tertiary/aromatic N) is 5. The van der Waals surface area contributed by atoms with Crippen LogP contribution in [0.25, 0.3) is 0 Å². The molecule has 11 heteroatoms. The van der Waals surface area contributed by atoms with E-state index in [2.05, 4.69) is 25.4 Å². The number of fused-ring (bicyclic) bond motifs is 3. The van der Waals surface area contributed by atoms with Crippen molar-refractivity contribution in [2.45, 2.75) is 57.5 Å². The zero-order valence-corrected chi connectivity index (χ0v) is 20.1. The molecular formula is C24H27F3N6OS. The van der Waals surface area contributed by atoms with Crippen LogP contribution in [-0.2, 0) is 6.54 Å². The molecule has 2 bridgehead atoms. The summed E-state index contributed by atoms with van der Waals surface area (Å²) in [5.74, 6) is 2.39. The second-order valence-corrected chi connectivity index (χ2v) is 10.6. The van der Waals surface area contributed by atoms with E-state index in [1.807, 2.05) is 11.6 Å². The number of anilines is 2. The molecule has 3 aromatic rings. The topological polar surface area (TPSA) is 68.1 Å². The Kier molecular flexibility index (Phi) is 5.62. The molecule has 1 aliphatic carbocycles. The van der Waals surface area contributed by atoms with Gasteiger partial charge in [-0.25, -0.2) is 4.68 Å². The van der Waals surface area contributed by atoms with Crippen LogP contribution in [0.5, 0.6) is 5.75 Å². The number of halogens is 3. The van der Waals surface area contributed by atoms with Crippen LogP contribution in [0.4, 0.5) is 24.1 Å². The SMILES string of the molecule is Cc1cc(N2C[C@H]3CC[C@@H](C2)[C@@H]3Nc2nc3n(n2)CCCC3c2ccc(OC(F)(F)F)cc2)sn1. The van der Waals surface area contributed by atoms with Crippen molar-refractivity contribution in [1.29, 1.82) is 0 Å². The summed E-state index contributed by atoms with van der Waals surface area (Å²) >= 11 is 1.58. The molecule has 7 nitrogen and oxygen atoms in total. The molecule has 4 atom stereocenters. The van der Waals surface area contributed by atoms with Gasteiger partial charge in [-0.05, 0) is 79.7 Å². The number of aromatic nitrogens is 4. The summed E-state index contributed by atoms with van der Waals surface area (Å²) in [6, 6.07) is 8.65. The average Bonchev–Trinajstić information content (AvgIpc) is 3.48. The summed E-state index contributed by atoms with van der Waals surface area (Å²) in [7, 11) is 0. The van der Waals surface area contributed by atoms with Crippen LogP contribution in [0, 0.1) is 18.8 Å². The third-order valence-electron chi connectivity index (χ3n) is 7.45. The highest BCUT2D eigenvalue weighted by atomic mass is 32.1. The van der Waals surface area contributed by atoms with Gasteiger partial charge in [-0.2, -0.15) is 9.36 Å². The number of hydrogen-bond donors (Lipinski definition) is 1. The minimum Gasteiger partial charge on any atom is -0.406 e. The highest BCUT2D eigenvalue weighted by Gasteiger charge is 2.43. The molecule has 1 saturated carbocycles. The highest BCUT2D eigenvalue weighted by molar-refractivity contribution is 7.10. The summed E-state index contributed by atoms with van der Waals surface area (Å²) in [5, 5.41) is 9.67. The van der Waals surface area contributed by atoms with Crippen molar-refractivity contribution in [3.8, 4) is 5.75 Å². The molecule has 2 fully saturated rings. The van der Waals surface area contributed by atoms with Crippen molar-refractivity contribution in [2.24, 2.45) is 11.8 Å². The fourth-order valence-corrected chi connectivity index (χ4v) is 6.69. The predicted molar refractivity (Wildman–Crippen MR) is 127 cm³/mol. The first-order valence-electron chi connectivity index (χ1n) is 12.1. The summed E-state index contributed by atoms with van der Waals surface area (Å²) in [5.41, 5.74) is 2.00. The van der Waals surface area contributed by atoms with Gasteiger partial charge in [-0.15, -0.1) is 18.3 Å². The molecule has 0 spiro atoms. The highest BCUT2D eigenvalue weighted by Crippen LogP contribution is 2.41. The first-order chi connectivity index (χ1) is 16.8. The van der Waals surface area contributed by atoms with Gasteiger partial charge in [-0.3, -0.25) is 0 Å². The van der Waals surface area contributed by atoms with Crippen molar-refractivity contribution in [3.05, 3.63) is 47.4 Å². The van der Waals surface area contributed by atoms with Crippen LogP contribution in [0.15, 0.2) is 30.3 Å². The molecule has 2 aliphatic heterocycles. The Hall–Kier alpha value is -2.82. The second-order valence-electron chi connectivity index (χ2n) is 9.81. The van der Waals surface area contributed by atoms with Gasteiger partial charge in [0.25, 0.3) is 0 Å². The summed E-state index contributed by atoms with van der Waals surface area (Å²) in [4.78, 5) is 7.34. The van der Waals surface area contributed by atoms with E-state index in [1.165, 1.54) is 30.0 Å². The Labute approximate surface area is 205 Å². The Morgan fingerprint density at radius 3 is 2.49 bits per heavy atom. The van der Waals surface area contributed by atoms with Gasteiger partial charge in [0.2, 0.25) is 5.95 Å². The van der Waals surface area contributed by atoms with E-state index in [-0.39, 0.29) is 11.7 Å². The monoisotopic (exact) mass is 504 g/mol. The van der Waals surface area contributed by atoms with E-state index in [9.17, 15) is 13.2 Å². The van der Waals surface area contributed by atoms with Gasteiger partial charge in [0.05, 0.1) is 5.69 Å². The summed E-state index contributed by atoms with van der Waals surface area (Å²) in [6.07, 6.45) is -0.477. The average molecular weight is 505 g/mol. The Balaban J connectivity index is 1.17. The number of aryl methyl sites for hydroxylation is 2. The molecule has 2 aromatic heterocycles. The lowest BCUT2D eigenvalue weighted by Crippen LogP contribution is -2.48. The standard InChI is InChI=1S/C24H27F3N6OS/c1-14-11-20(35-31-14)32-12-16-4-5-17(13-32)21(16)28-23-29-22-19(3-2-10-33(22)30-23)15-6-8-18(9-7-15)34-24(25,26)27/h6-9,11,16-17,19,21H,2-5,10,12-13H2,1H3,(H,28,30)/t16-,17+,19?,21-. The van der Waals surface area contributed by atoms with Gasteiger partial charge >= 0.3 is 6.36 Å². The molecule has 1 aromatic carbocycles. The molecule has 4 heterocycles. The number of alkyl halides is 3. The molecule has 186 valence electrons. The van der Waals surface area contributed by atoms with E-state index >= 15 is 0 Å². The Morgan fingerprint density at radius 2 is 1.83 bits per heavy atom. The van der Waals surface area contributed by atoms with Crippen molar-refractivity contribution in [1.82, 2.24) is 19.1 Å². The van der Waals surface area contributed by atoms with Crippen LogP contribution >= 0.6 is 11.5 Å². The molecule has 1 saturated heterocycles. The van der Waals surface area contributed by atoms with Crippen molar-refractivity contribution in [3.63, 3.8) is 0 Å². The van der Waals surface area contributed by atoms with Crippen LogP contribution in [0.2, 0.25) is 0 Å². The largest absolute Gasteiger partial charge is 0.573 e. The number of rotatable bonds is 5. The molecule has 0 amide bonds. The van der Waals surface area contributed by atoms with Crippen molar-refractivity contribution < 1.29 is 17.9 Å². The number of hydrogen-bond acceptors (Lipinski definition) is 7. The molecular weight excluding hydrogens is 477 g/mol. The second kappa shape index (κ2) is 8.69. The lowest BCUT2D eigenvalue weighted by Gasteiger charge is -2.38. The maximum Gasteiger partial charge on any atom is 0.573 e. The van der Waals surface area contributed by atoms with E-state index in [0.29, 0.717) is 23.8 Å². The van der Waals surface area contributed by atoms with E-state index in [0.717, 1.165) is 49.6 Å². The van der Waals surface area contributed by atoms with E-state index < -0.39 is 6.36 Å². The molecule has 3 aliphatic rings. The van der Waals surface area contributed by atoms with Gasteiger partial charge in [-0.1, -0.05) is 12.1 Å². The van der Waals surface area contributed by atoms with Crippen molar-refractivity contribution >= 4 is 22.5 Å². The van der Waals surface area contributed by atoms with E-state index in [4.69, 9.17) is 10.1 Å². The Morgan fingerprint density at radius 1 is 1.09 bits per heavy atom. The van der Waals surface area contributed by atoms with Crippen LogP contribution in [-0.4, -0.2) is 44.6 Å². The number of ether oxygens (including phenoxy) is 1. The molecule has 1 N–H and O–H groups in total. The number of piperidine rings is 1. The maximum atomic E-state index is 12.5. The number of nitrogens with one attached hydrogen (secondary N) is 1. The van der Waals surface area contributed by atoms with Crippen molar-refractivity contribution in [2.75, 3.05) is 23.3 Å². The third-order valence-corrected chi connectivity index (χ3v) is 8.39. The first kappa shape index (κ1) is 22.6. The third kappa shape index (κ3) is 4.57. The lowest BCUT2D eigenvalue weighted by atomic mass is 9.91. The molecule has 1 unspecified atom stereocenters. The van der Waals surface area contributed by atoms with Crippen LogP contribution in [0.1, 0.15) is 48.7 Å². The maximum absolute atomic E-state index is 12.5. The molecule has 0 radical (unpaired) electrons. The minimum absolute atomic E-state index is 0.000116. The zero-order chi connectivity index (χ0) is 24.2. The Bertz CT molecular complexity index is 1180. The fourth-order valence-electron chi connectivity index (χ4n) is 5.92. The van der Waals surface area contributed by atoms with Gasteiger partial charge < -0.3 is 15.0 Å².